The van der Waals surface area contributed by atoms with Crippen LogP contribution in [0.1, 0.15) is 11.1 Å². The third-order valence-electron chi connectivity index (χ3n) is 3.54. The molecule has 0 bridgehead atoms. The van der Waals surface area contributed by atoms with E-state index >= 15 is 0 Å². The van der Waals surface area contributed by atoms with Crippen molar-refractivity contribution in [2.45, 2.75) is 6.92 Å². The van der Waals surface area contributed by atoms with Gasteiger partial charge in [0, 0.05) is 10.0 Å². The van der Waals surface area contributed by atoms with E-state index in [1.807, 2.05) is 19.1 Å². The summed E-state index contributed by atoms with van der Waals surface area (Å²) in [6.45, 7) is 1.94. The van der Waals surface area contributed by atoms with Gasteiger partial charge < -0.3 is 5.11 Å². The number of hydrogen-bond donors (Lipinski definition) is 2. The number of carbonyl (C=O) groups excluding carboxylic acids is 2. The quantitative estimate of drug-likeness (QED) is 0.540. The number of aryl methyl sites for hydroxylation is 1. The first-order valence-electron chi connectivity index (χ1n) is 6.98. The lowest BCUT2D eigenvalue weighted by Crippen LogP contribution is -2.35. The van der Waals surface area contributed by atoms with E-state index in [0.29, 0.717) is 20.2 Å². The Kier molecular flexibility index (Phi) is 4.47. The molecule has 0 aliphatic carbocycles. The summed E-state index contributed by atoms with van der Waals surface area (Å²) in [5, 5.41) is 11.3. The van der Waals surface area contributed by atoms with Gasteiger partial charge in [-0.25, -0.2) is 5.01 Å². The maximum absolute atomic E-state index is 12.6. The number of benzene rings is 2. The van der Waals surface area contributed by atoms with Gasteiger partial charge in [-0.3, -0.25) is 15.0 Å². The molecule has 0 unspecified atom stereocenters. The minimum absolute atomic E-state index is 0.0416. The Hall–Kier alpha value is -2.12. The maximum Gasteiger partial charge on any atom is 0.282 e. The van der Waals surface area contributed by atoms with Gasteiger partial charge in [-0.05, 0) is 53.2 Å². The van der Waals surface area contributed by atoms with E-state index in [1.165, 1.54) is 11.1 Å². The van der Waals surface area contributed by atoms with Crippen molar-refractivity contribution in [2.24, 2.45) is 0 Å². The van der Waals surface area contributed by atoms with Crippen molar-refractivity contribution in [3.05, 3.63) is 62.0 Å². The molecule has 3 rings (SSSR count). The smallest absolute Gasteiger partial charge is 0.282 e. The summed E-state index contributed by atoms with van der Waals surface area (Å²) in [5.41, 5.74) is 4.47. The predicted molar refractivity (Wildman–Crippen MR) is 98.3 cm³/mol. The van der Waals surface area contributed by atoms with Gasteiger partial charge in [-0.15, -0.1) is 0 Å². The maximum atomic E-state index is 12.6. The molecule has 24 heavy (non-hydrogen) atoms. The van der Waals surface area contributed by atoms with Gasteiger partial charge in [-0.1, -0.05) is 33.6 Å². The summed E-state index contributed by atoms with van der Waals surface area (Å²) in [4.78, 5) is 24.7. The van der Waals surface area contributed by atoms with Crippen molar-refractivity contribution >= 4 is 55.4 Å². The Bertz CT molecular complexity index is 876. The lowest BCUT2D eigenvalue weighted by atomic mass is 10.1. The van der Waals surface area contributed by atoms with E-state index < -0.39 is 11.8 Å². The standard InChI is InChI=1S/C17H12Br2N2O3/c1-9-2-4-12(5-3-9)21-17(24)13(16(23)20-21)7-10-6-11(18)8-14(19)15(10)22/h2-8,22H,1H3,(H,20,23)/b13-7+. The number of aromatic hydroxyl groups is 1. The van der Waals surface area contributed by atoms with E-state index in [2.05, 4.69) is 37.3 Å². The normalized spacial score (nSPS) is 16.0. The van der Waals surface area contributed by atoms with Gasteiger partial charge in [0.25, 0.3) is 11.8 Å². The second kappa shape index (κ2) is 6.41. The lowest BCUT2D eigenvalue weighted by Gasteiger charge is -2.14. The number of phenols is 1. The zero-order valence-electron chi connectivity index (χ0n) is 12.5. The van der Waals surface area contributed by atoms with Crippen LogP contribution in [0.3, 0.4) is 0 Å². The fourth-order valence-corrected chi connectivity index (χ4v) is 3.54. The summed E-state index contributed by atoms with van der Waals surface area (Å²) in [5.74, 6) is -1.03. The highest BCUT2D eigenvalue weighted by molar-refractivity contribution is 9.11. The van der Waals surface area contributed by atoms with Gasteiger partial charge in [0.05, 0.1) is 10.2 Å². The Morgan fingerprint density at radius 3 is 2.46 bits per heavy atom. The van der Waals surface area contributed by atoms with Crippen LogP contribution in [-0.4, -0.2) is 16.9 Å². The largest absolute Gasteiger partial charge is 0.506 e. The number of amides is 2. The third-order valence-corrected chi connectivity index (χ3v) is 4.60. The van der Waals surface area contributed by atoms with E-state index in [9.17, 15) is 14.7 Å². The molecule has 0 radical (unpaired) electrons. The van der Waals surface area contributed by atoms with Crippen LogP contribution in [0.4, 0.5) is 5.69 Å². The van der Waals surface area contributed by atoms with Crippen molar-refractivity contribution < 1.29 is 14.7 Å². The number of halogens is 2. The van der Waals surface area contributed by atoms with Crippen LogP contribution in [0, 0.1) is 6.92 Å². The van der Waals surface area contributed by atoms with E-state index in [4.69, 9.17) is 0 Å². The number of carbonyl (C=O) groups is 2. The second-order valence-corrected chi connectivity index (χ2v) is 7.07. The van der Waals surface area contributed by atoms with Gasteiger partial charge in [-0.2, -0.15) is 0 Å². The number of hydrogen-bond acceptors (Lipinski definition) is 3. The molecule has 2 aromatic rings. The van der Waals surface area contributed by atoms with E-state index in [0.717, 1.165) is 5.56 Å². The van der Waals surface area contributed by atoms with E-state index in [-0.39, 0.29) is 11.3 Å². The minimum atomic E-state index is -0.518. The molecule has 5 nitrogen and oxygen atoms in total. The van der Waals surface area contributed by atoms with Gasteiger partial charge in [0.2, 0.25) is 0 Å². The number of anilines is 1. The first-order valence-corrected chi connectivity index (χ1v) is 8.57. The van der Waals surface area contributed by atoms with Gasteiger partial charge >= 0.3 is 0 Å². The van der Waals surface area contributed by atoms with Crippen LogP contribution in [0.5, 0.6) is 5.75 Å². The Labute approximate surface area is 155 Å². The molecule has 1 aliphatic heterocycles. The Morgan fingerprint density at radius 2 is 1.79 bits per heavy atom. The average molecular weight is 452 g/mol. The van der Waals surface area contributed by atoms with Crippen molar-refractivity contribution in [1.29, 1.82) is 0 Å². The van der Waals surface area contributed by atoms with Crippen LogP contribution in [0.15, 0.2) is 50.9 Å². The van der Waals surface area contributed by atoms with Gasteiger partial charge in [0.1, 0.15) is 11.3 Å². The van der Waals surface area contributed by atoms with Crippen molar-refractivity contribution in [2.75, 3.05) is 5.01 Å². The molecule has 0 saturated carbocycles. The molecule has 122 valence electrons. The first kappa shape index (κ1) is 16.7. The first-order chi connectivity index (χ1) is 11.4. The number of hydrazine groups is 1. The monoisotopic (exact) mass is 450 g/mol. The fourth-order valence-electron chi connectivity index (χ4n) is 2.28. The predicted octanol–water partition coefficient (Wildman–Crippen LogP) is 3.69. The number of nitrogens with one attached hydrogen (secondary N) is 1. The highest BCUT2D eigenvalue weighted by Gasteiger charge is 2.34. The van der Waals surface area contributed by atoms with Crippen LogP contribution >= 0.6 is 31.9 Å². The van der Waals surface area contributed by atoms with Crippen molar-refractivity contribution in [3.63, 3.8) is 0 Å². The fraction of sp³-hybridized carbons (Fsp3) is 0.0588. The topological polar surface area (TPSA) is 69.6 Å². The summed E-state index contributed by atoms with van der Waals surface area (Å²) >= 11 is 6.54. The third kappa shape index (κ3) is 3.09. The summed E-state index contributed by atoms with van der Waals surface area (Å²) in [6, 6.07) is 10.5. The molecule has 2 N–H and O–H groups in total. The summed E-state index contributed by atoms with van der Waals surface area (Å²) in [6.07, 6.45) is 1.37. The molecule has 0 aromatic heterocycles. The lowest BCUT2D eigenvalue weighted by molar-refractivity contribution is -0.117. The molecule has 2 amide bonds. The highest BCUT2D eigenvalue weighted by atomic mass is 79.9. The molecular weight excluding hydrogens is 440 g/mol. The number of nitrogens with zero attached hydrogens (tertiary/aromatic N) is 1. The van der Waals surface area contributed by atoms with Gasteiger partial charge in [0.15, 0.2) is 0 Å². The van der Waals surface area contributed by atoms with Crippen molar-refractivity contribution in [3.8, 4) is 5.75 Å². The van der Waals surface area contributed by atoms with E-state index in [1.54, 1.807) is 24.3 Å². The number of phenolic OH excluding ortho intramolecular Hbond substituents is 1. The number of rotatable bonds is 2. The molecule has 0 spiro atoms. The Balaban J connectivity index is 1.99. The molecule has 1 saturated heterocycles. The summed E-state index contributed by atoms with van der Waals surface area (Å²) in [7, 11) is 0. The highest BCUT2D eigenvalue weighted by Crippen LogP contribution is 2.34. The molecule has 1 heterocycles. The zero-order valence-corrected chi connectivity index (χ0v) is 15.7. The molecule has 1 aliphatic rings. The Morgan fingerprint density at radius 1 is 1.12 bits per heavy atom. The molecule has 1 fully saturated rings. The summed E-state index contributed by atoms with van der Waals surface area (Å²) < 4.78 is 1.17. The van der Waals surface area contributed by atoms with Crippen LogP contribution in [-0.2, 0) is 9.59 Å². The molecule has 2 aromatic carbocycles. The molecule has 7 heteroatoms. The molecule has 0 atom stereocenters. The average Bonchev–Trinajstić information content (AvgIpc) is 2.81. The SMILES string of the molecule is Cc1ccc(N2NC(=O)/C(=C\c3cc(Br)cc(Br)c3O)C2=O)cc1. The van der Waals surface area contributed by atoms with Crippen LogP contribution < -0.4 is 10.4 Å². The van der Waals surface area contributed by atoms with Crippen LogP contribution in [0.25, 0.3) is 6.08 Å². The zero-order chi connectivity index (χ0) is 17.4. The van der Waals surface area contributed by atoms with Crippen LogP contribution in [0.2, 0.25) is 0 Å². The minimum Gasteiger partial charge on any atom is -0.506 e. The molecular formula is C17H12Br2N2O3. The second-order valence-electron chi connectivity index (χ2n) is 5.30. The van der Waals surface area contributed by atoms with Crippen molar-refractivity contribution in [1.82, 2.24) is 5.43 Å².